The van der Waals surface area contributed by atoms with Gasteiger partial charge in [-0.1, -0.05) is 6.42 Å². The minimum absolute atomic E-state index is 0.304. The molecular weight excluding hydrogens is 176 g/mol. The molecule has 1 atom stereocenters. The summed E-state index contributed by atoms with van der Waals surface area (Å²) >= 11 is 0. The minimum Gasteiger partial charge on any atom is -0.396 e. The van der Waals surface area contributed by atoms with Crippen molar-refractivity contribution in [3.05, 3.63) is 0 Å². The number of rotatable bonds is 7. The molecular formula is C11H24N2O. The van der Waals surface area contributed by atoms with E-state index in [-0.39, 0.29) is 0 Å². The van der Waals surface area contributed by atoms with Crippen molar-refractivity contribution >= 4 is 0 Å². The van der Waals surface area contributed by atoms with Gasteiger partial charge in [0.1, 0.15) is 0 Å². The summed E-state index contributed by atoms with van der Waals surface area (Å²) in [5.74, 6) is 0. The lowest BCUT2D eigenvalue weighted by atomic mass is 9.90. The fraction of sp³-hybridized carbons (Fsp3) is 1.00. The molecule has 3 heteroatoms. The number of nitrogens with two attached hydrogens (primary N) is 1. The molecule has 0 aromatic rings. The lowest BCUT2D eigenvalue weighted by Gasteiger charge is -2.41. The Kier molecular flexibility index (Phi) is 5.45. The Hall–Kier alpha value is -0.120. The second-order valence-corrected chi connectivity index (χ2v) is 4.33. The Balaban J connectivity index is 2.34. The Labute approximate surface area is 87.3 Å². The van der Waals surface area contributed by atoms with Gasteiger partial charge in [0.05, 0.1) is 0 Å². The molecule has 0 aromatic carbocycles. The van der Waals surface area contributed by atoms with Crippen molar-refractivity contribution in [1.82, 2.24) is 4.90 Å². The number of hydrogen-bond donors (Lipinski definition) is 2. The monoisotopic (exact) mass is 200 g/mol. The van der Waals surface area contributed by atoms with Crippen LogP contribution in [0.2, 0.25) is 0 Å². The maximum atomic E-state index is 8.85. The molecule has 1 saturated carbocycles. The molecule has 3 N–H and O–H groups in total. The number of nitrogens with zero attached hydrogens (tertiary/aromatic N) is 1. The van der Waals surface area contributed by atoms with E-state index in [9.17, 15) is 0 Å². The highest BCUT2D eigenvalue weighted by atomic mass is 16.3. The zero-order chi connectivity index (χ0) is 10.4. The average molecular weight is 200 g/mol. The second kappa shape index (κ2) is 6.38. The number of aliphatic hydroxyl groups is 1. The van der Waals surface area contributed by atoms with Crippen molar-refractivity contribution in [3.63, 3.8) is 0 Å². The normalized spacial score (nSPS) is 19.7. The van der Waals surface area contributed by atoms with Gasteiger partial charge in [0.25, 0.3) is 0 Å². The van der Waals surface area contributed by atoms with Gasteiger partial charge >= 0.3 is 0 Å². The largest absolute Gasteiger partial charge is 0.396 e. The third-order valence-electron chi connectivity index (χ3n) is 3.27. The maximum absolute atomic E-state index is 8.85. The van der Waals surface area contributed by atoms with E-state index in [4.69, 9.17) is 10.8 Å². The summed E-state index contributed by atoms with van der Waals surface area (Å²) in [7, 11) is 0. The van der Waals surface area contributed by atoms with Crippen LogP contribution in [0.3, 0.4) is 0 Å². The van der Waals surface area contributed by atoms with E-state index in [1.807, 2.05) is 0 Å². The Morgan fingerprint density at radius 2 is 2.21 bits per heavy atom. The van der Waals surface area contributed by atoms with Crippen molar-refractivity contribution in [2.45, 2.75) is 51.1 Å². The predicted octanol–water partition coefficient (Wildman–Crippen LogP) is 0.961. The van der Waals surface area contributed by atoms with Gasteiger partial charge in [-0.3, -0.25) is 4.90 Å². The molecule has 0 radical (unpaired) electrons. The van der Waals surface area contributed by atoms with Crippen molar-refractivity contribution in [2.24, 2.45) is 5.73 Å². The summed E-state index contributed by atoms with van der Waals surface area (Å²) in [4.78, 5) is 2.53. The van der Waals surface area contributed by atoms with E-state index in [0.29, 0.717) is 12.6 Å². The molecule has 0 spiro atoms. The van der Waals surface area contributed by atoms with Crippen molar-refractivity contribution < 1.29 is 5.11 Å². The molecule has 84 valence electrons. The van der Waals surface area contributed by atoms with Crippen LogP contribution < -0.4 is 5.73 Å². The summed E-state index contributed by atoms with van der Waals surface area (Å²) in [6.07, 6.45) is 6.00. The SMILES string of the molecule is CC(CCN)N(CCCO)C1CCC1. The highest BCUT2D eigenvalue weighted by Gasteiger charge is 2.27. The fourth-order valence-corrected chi connectivity index (χ4v) is 2.14. The molecule has 0 bridgehead atoms. The zero-order valence-electron chi connectivity index (χ0n) is 9.28. The lowest BCUT2D eigenvalue weighted by molar-refractivity contribution is 0.0761. The predicted molar refractivity (Wildman–Crippen MR) is 59.2 cm³/mol. The van der Waals surface area contributed by atoms with Crippen molar-refractivity contribution in [3.8, 4) is 0 Å². The van der Waals surface area contributed by atoms with Crippen molar-refractivity contribution in [1.29, 1.82) is 0 Å². The number of aliphatic hydroxyl groups excluding tert-OH is 1. The van der Waals surface area contributed by atoms with E-state index in [0.717, 1.165) is 32.0 Å². The first-order valence-corrected chi connectivity index (χ1v) is 5.86. The van der Waals surface area contributed by atoms with E-state index >= 15 is 0 Å². The van der Waals surface area contributed by atoms with Crippen LogP contribution in [-0.4, -0.2) is 41.8 Å². The second-order valence-electron chi connectivity index (χ2n) is 4.33. The highest BCUT2D eigenvalue weighted by molar-refractivity contribution is 4.83. The molecule has 0 aliphatic heterocycles. The summed E-state index contributed by atoms with van der Waals surface area (Å²) in [6, 6.07) is 1.35. The standard InChI is InChI=1S/C11H24N2O/c1-10(6-7-12)13(8-3-9-14)11-4-2-5-11/h10-11,14H,2-9,12H2,1H3. The van der Waals surface area contributed by atoms with Crippen LogP contribution in [0.5, 0.6) is 0 Å². The first-order chi connectivity index (χ1) is 6.79. The molecule has 1 aliphatic rings. The van der Waals surface area contributed by atoms with Gasteiger partial charge in [-0.15, -0.1) is 0 Å². The van der Waals surface area contributed by atoms with Crippen LogP contribution in [0, 0.1) is 0 Å². The number of hydrogen-bond acceptors (Lipinski definition) is 3. The molecule has 0 aromatic heterocycles. The van der Waals surface area contributed by atoms with Gasteiger partial charge < -0.3 is 10.8 Å². The third kappa shape index (κ3) is 3.23. The van der Waals surface area contributed by atoms with E-state index in [2.05, 4.69) is 11.8 Å². The summed E-state index contributed by atoms with van der Waals surface area (Å²) in [5.41, 5.74) is 5.58. The van der Waals surface area contributed by atoms with Gasteiger partial charge in [0, 0.05) is 25.2 Å². The first kappa shape index (κ1) is 12.0. The van der Waals surface area contributed by atoms with Gasteiger partial charge in [-0.25, -0.2) is 0 Å². The van der Waals surface area contributed by atoms with E-state index < -0.39 is 0 Å². The molecule has 0 saturated heterocycles. The quantitative estimate of drug-likeness (QED) is 0.643. The molecule has 0 heterocycles. The molecule has 3 nitrogen and oxygen atoms in total. The summed E-state index contributed by atoms with van der Waals surface area (Å²) in [6.45, 7) is 4.35. The minimum atomic E-state index is 0.304. The van der Waals surface area contributed by atoms with Crippen LogP contribution >= 0.6 is 0 Å². The van der Waals surface area contributed by atoms with Crippen LogP contribution in [0.15, 0.2) is 0 Å². The zero-order valence-corrected chi connectivity index (χ0v) is 9.28. The molecule has 1 unspecified atom stereocenters. The summed E-state index contributed by atoms with van der Waals surface area (Å²) < 4.78 is 0. The Morgan fingerprint density at radius 3 is 2.64 bits per heavy atom. The Bertz CT molecular complexity index is 148. The van der Waals surface area contributed by atoms with Crippen molar-refractivity contribution in [2.75, 3.05) is 19.7 Å². The molecule has 1 aliphatic carbocycles. The van der Waals surface area contributed by atoms with Gasteiger partial charge in [-0.05, 0) is 39.2 Å². The first-order valence-electron chi connectivity index (χ1n) is 5.86. The lowest BCUT2D eigenvalue weighted by Crippen LogP contribution is -2.46. The van der Waals surface area contributed by atoms with Gasteiger partial charge in [-0.2, -0.15) is 0 Å². The third-order valence-corrected chi connectivity index (χ3v) is 3.27. The molecule has 1 fully saturated rings. The van der Waals surface area contributed by atoms with Gasteiger partial charge in [0.15, 0.2) is 0 Å². The highest BCUT2D eigenvalue weighted by Crippen LogP contribution is 2.27. The van der Waals surface area contributed by atoms with E-state index in [1.54, 1.807) is 0 Å². The average Bonchev–Trinajstić information content (AvgIpc) is 2.09. The van der Waals surface area contributed by atoms with Crippen LogP contribution in [-0.2, 0) is 0 Å². The molecule has 1 rings (SSSR count). The van der Waals surface area contributed by atoms with Crippen LogP contribution in [0.25, 0.3) is 0 Å². The summed E-state index contributed by atoms with van der Waals surface area (Å²) in [5, 5.41) is 8.85. The Morgan fingerprint density at radius 1 is 1.50 bits per heavy atom. The van der Waals surface area contributed by atoms with Crippen LogP contribution in [0.4, 0.5) is 0 Å². The van der Waals surface area contributed by atoms with Crippen LogP contribution in [0.1, 0.15) is 39.0 Å². The van der Waals surface area contributed by atoms with E-state index in [1.165, 1.54) is 19.3 Å². The topological polar surface area (TPSA) is 49.5 Å². The fourth-order valence-electron chi connectivity index (χ4n) is 2.14. The molecule has 0 amide bonds. The smallest absolute Gasteiger partial charge is 0.0443 e. The maximum Gasteiger partial charge on any atom is 0.0443 e. The molecule has 14 heavy (non-hydrogen) atoms. The van der Waals surface area contributed by atoms with Gasteiger partial charge in [0.2, 0.25) is 0 Å².